The van der Waals surface area contributed by atoms with Gasteiger partial charge in [-0.2, -0.15) is 0 Å². The minimum Gasteiger partial charge on any atom is -0.485 e. The highest BCUT2D eigenvalue weighted by atomic mass is 16.5. The molecule has 1 aromatic carbocycles. The minimum absolute atomic E-state index is 0.0985. The lowest BCUT2D eigenvalue weighted by Gasteiger charge is -2.27. The molecule has 17 heavy (non-hydrogen) atoms. The van der Waals surface area contributed by atoms with E-state index in [1.54, 1.807) is 0 Å². The number of benzene rings is 1. The molecule has 0 saturated heterocycles. The normalized spacial score (nSPS) is 22.7. The molecule has 1 atom stereocenters. The second-order valence-electron chi connectivity index (χ2n) is 4.30. The van der Waals surface area contributed by atoms with Gasteiger partial charge in [0.2, 0.25) is 0 Å². The van der Waals surface area contributed by atoms with Gasteiger partial charge in [-0.25, -0.2) is 0 Å². The van der Waals surface area contributed by atoms with Gasteiger partial charge in [0.25, 0.3) is 0 Å². The molecule has 1 aliphatic heterocycles. The Kier molecular flexibility index (Phi) is 2.56. The van der Waals surface area contributed by atoms with E-state index in [0.717, 1.165) is 6.42 Å². The van der Waals surface area contributed by atoms with Crippen LogP contribution in [0.4, 0.5) is 0 Å². The first-order valence-corrected chi connectivity index (χ1v) is 5.82. The van der Waals surface area contributed by atoms with Crippen molar-refractivity contribution in [1.29, 1.82) is 0 Å². The van der Waals surface area contributed by atoms with E-state index >= 15 is 0 Å². The number of carbonyl (C=O) groups excluding carboxylic acids is 1. The molecule has 0 amide bonds. The van der Waals surface area contributed by atoms with Crippen molar-refractivity contribution in [3.8, 4) is 5.75 Å². The molecule has 2 aliphatic rings. The first-order valence-electron chi connectivity index (χ1n) is 5.82. The lowest BCUT2D eigenvalue weighted by Crippen LogP contribution is -2.29. The Labute approximate surface area is 101 Å². The van der Waals surface area contributed by atoms with E-state index in [2.05, 4.69) is 6.42 Å². The summed E-state index contributed by atoms with van der Waals surface area (Å²) in [4.78, 5) is 12.0. The Balaban J connectivity index is 1.91. The highest BCUT2D eigenvalue weighted by Crippen LogP contribution is 2.31. The molecule has 1 aliphatic carbocycles. The summed E-state index contributed by atoms with van der Waals surface area (Å²) >= 11 is 0. The monoisotopic (exact) mass is 225 g/mol. The molecule has 0 bridgehead atoms. The number of para-hydroxylation sites is 1. The molecule has 0 N–H and O–H groups in total. The van der Waals surface area contributed by atoms with E-state index in [1.165, 1.54) is 5.57 Å². The summed E-state index contributed by atoms with van der Waals surface area (Å²) < 4.78 is 5.90. The average Bonchev–Trinajstić information content (AvgIpc) is 2.40. The third-order valence-electron chi connectivity index (χ3n) is 3.15. The maximum Gasteiger partial charge on any atom is 0.170 e. The molecule has 2 nitrogen and oxygen atoms in total. The average molecular weight is 225 g/mol. The van der Waals surface area contributed by atoms with E-state index in [1.807, 2.05) is 42.5 Å². The van der Waals surface area contributed by atoms with E-state index in [-0.39, 0.29) is 11.9 Å². The fourth-order valence-electron chi connectivity index (χ4n) is 2.25. The first kappa shape index (κ1) is 10.3. The van der Waals surface area contributed by atoms with Crippen LogP contribution in [0.1, 0.15) is 23.2 Å². The molecule has 3 rings (SSSR count). The number of Topliss-reactive ketones (excluding diaryl/α,β-unsaturated/α-hetero) is 1. The largest absolute Gasteiger partial charge is 0.485 e. The van der Waals surface area contributed by atoms with Gasteiger partial charge in [-0.15, -0.1) is 0 Å². The van der Waals surface area contributed by atoms with E-state index < -0.39 is 0 Å². The molecular weight excluding hydrogens is 212 g/mol. The smallest absolute Gasteiger partial charge is 0.170 e. The van der Waals surface area contributed by atoms with Gasteiger partial charge in [-0.1, -0.05) is 30.4 Å². The predicted octanol–water partition coefficient (Wildman–Crippen LogP) is 3.11. The molecule has 0 spiro atoms. The lowest BCUT2D eigenvalue weighted by atomic mass is 9.92. The highest BCUT2D eigenvalue weighted by Gasteiger charge is 2.28. The third kappa shape index (κ3) is 1.91. The number of ketones is 1. The molecular formula is C15H13O2. The Bertz CT molecular complexity index is 511. The van der Waals surface area contributed by atoms with Crippen molar-refractivity contribution in [2.45, 2.75) is 18.9 Å². The number of hydrogen-bond acceptors (Lipinski definition) is 2. The van der Waals surface area contributed by atoms with Crippen molar-refractivity contribution in [1.82, 2.24) is 0 Å². The zero-order valence-corrected chi connectivity index (χ0v) is 9.43. The fourth-order valence-corrected chi connectivity index (χ4v) is 2.25. The number of rotatable bonds is 1. The fraction of sp³-hybridized carbons (Fsp3) is 0.200. The van der Waals surface area contributed by atoms with Crippen molar-refractivity contribution in [2.24, 2.45) is 0 Å². The Hall–Kier alpha value is -1.83. The summed E-state index contributed by atoms with van der Waals surface area (Å²) in [6.07, 6.45) is 9.37. The summed E-state index contributed by atoms with van der Waals surface area (Å²) in [5, 5.41) is 0. The van der Waals surface area contributed by atoms with Crippen LogP contribution >= 0.6 is 0 Å². The van der Waals surface area contributed by atoms with Crippen molar-refractivity contribution in [3.63, 3.8) is 0 Å². The third-order valence-corrected chi connectivity index (χ3v) is 3.15. The molecule has 85 valence electrons. The first-order chi connectivity index (χ1) is 8.34. The summed E-state index contributed by atoms with van der Waals surface area (Å²) in [7, 11) is 0. The van der Waals surface area contributed by atoms with Gasteiger partial charge in [-0.05, 0) is 30.5 Å². The van der Waals surface area contributed by atoms with Crippen LogP contribution in [-0.2, 0) is 0 Å². The summed E-state index contributed by atoms with van der Waals surface area (Å²) in [5.41, 5.74) is 1.88. The number of hydrogen-bond donors (Lipinski definition) is 0. The van der Waals surface area contributed by atoms with Crippen molar-refractivity contribution >= 4 is 5.78 Å². The van der Waals surface area contributed by atoms with Crippen LogP contribution in [0, 0.1) is 6.42 Å². The van der Waals surface area contributed by atoms with Crippen LogP contribution < -0.4 is 4.74 Å². The van der Waals surface area contributed by atoms with Crippen LogP contribution in [0.3, 0.4) is 0 Å². The second kappa shape index (κ2) is 4.21. The van der Waals surface area contributed by atoms with Crippen LogP contribution in [0.25, 0.3) is 0 Å². The van der Waals surface area contributed by atoms with E-state index in [4.69, 9.17) is 4.74 Å². The highest BCUT2D eigenvalue weighted by molar-refractivity contribution is 6.00. The zero-order chi connectivity index (χ0) is 11.7. The van der Waals surface area contributed by atoms with Gasteiger partial charge >= 0.3 is 0 Å². The van der Waals surface area contributed by atoms with Crippen LogP contribution in [-0.4, -0.2) is 11.9 Å². The molecule has 1 radical (unpaired) electrons. The van der Waals surface area contributed by atoms with E-state index in [9.17, 15) is 4.79 Å². The SMILES string of the molecule is O=C1CC(C2=CC=C[CH]C2)Oc2ccccc21. The number of fused-ring (bicyclic) bond motifs is 1. The number of ether oxygens (including phenoxy) is 1. The van der Waals surface area contributed by atoms with Crippen LogP contribution in [0.2, 0.25) is 0 Å². The molecule has 0 aromatic heterocycles. The van der Waals surface area contributed by atoms with Crippen molar-refractivity contribution in [3.05, 3.63) is 60.1 Å². The zero-order valence-electron chi connectivity index (χ0n) is 9.43. The van der Waals surface area contributed by atoms with Gasteiger partial charge in [0, 0.05) is 0 Å². The molecule has 0 saturated carbocycles. The van der Waals surface area contributed by atoms with Crippen LogP contribution in [0.15, 0.2) is 48.1 Å². The predicted molar refractivity (Wildman–Crippen MR) is 65.9 cm³/mol. The lowest BCUT2D eigenvalue weighted by molar-refractivity contribution is 0.0883. The summed E-state index contributed by atoms with van der Waals surface area (Å²) in [6.45, 7) is 0. The number of allylic oxidation sites excluding steroid dienone is 3. The second-order valence-corrected chi connectivity index (χ2v) is 4.30. The molecule has 1 heterocycles. The van der Waals surface area contributed by atoms with Gasteiger partial charge in [0.1, 0.15) is 11.9 Å². The maximum absolute atomic E-state index is 12.0. The Morgan fingerprint density at radius 2 is 2.06 bits per heavy atom. The summed E-state index contributed by atoms with van der Waals surface area (Å²) in [5.74, 6) is 0.886. The molecule has 0 fully saturated rings. The van der Waals surface area contributed by atoms with Gasteiger partial charge in [0.15, 0.2) is 5.78 Å². The van der Waals surface area contributed by atoms with Gasteiger partial charge in [0.05, 0.1) is 12.0 Å². The summed E-state index contributed by atoms with van der Waals surface area (Å²) in [6, 6.07) is 7.46. The van der Waals surface area contributed by atoms with E-state index in [0.29, 0.717) is 17.7 Å². The molecule has 1 aromatic rings. The van der Waals surface area contributed by atoms with Gasteiger partial charge < -0.3 is 4.74 Å². The van der Waals surface area contributed by atoms with Crippen LogP contribution in [0.5, 0.6) is 5.75 Å². The Morgan fingerprint density at radius 3 is 2.88 bits per heavy atom. The molecule has 2 heteroatoms. The van der Waals surface area contributed by atoms with Gasteiger partial charge in [-0.3, -0.25) is 4.79 Å². The molecule has 1 unspecified atom stereocenters. The van der Waals surface area contributed by atoms with Crippen molar-refractivity contribution in [2.75, 3.05) is 0 Å². The Morgan fingerprint density at radius 1 is 1.18 bits per heavy atom. The standard InChI is InChI=1S/C15H13O2/c16-13-10-15(11-6-2-1-3-7-11)17-14-9-5-4-8-12(13)14/h1-6,8-9,15H,7,10H2. The maximum atomic E-state index is 12.0. The van der Waals surface area contributed by atoms with Crippen molar-refractivity contribution < 1.29 is 9.53 Å². The topological polar surface area (TPSA) is 26.3 Å². The quantitative estimate of drug-likeness (QED) is 0.734. The minimum atomic E-state index is -0.0985. The number of carbonyl (C=O) groups is 1.